The molecule has 1 amide bonds. The highest BCUT2D eigenvalue weighted by atomic mass is 32.2. The van der Waals surface area contributed by atoms with Crippen LogP contribution in [0.15, 0.2) is 24.3 Å². The van der Waals surface area contributed by atoms with E-state index >= 15 is 0 Å². The Morgan fingerprint density at radius 3 is 2.25 bits per heavy atom. The number of nitrogens with one attached hydrogen (secondary N) is 1. The lowest BCUT2D eigenvalue weighted by Gasteiger charge is -2.20. The highest BCUT2D eigenvalue weighted by Gasteiger charge is 2.24. The summed E-state index contributed by atoms with van der Waals surface area (Å²) < 4.78 is 35.0. The summed E-state index contributed by atoms with van der Waals surface area (Å²) in [6.45, 7) is 3.87. The zero-order valence-corrected chi connectivity index (χ0v) is 12.7. The van der Waals surface area contributed by atoms with Crippen LogP contribution in [0.2, 0.25) is 0 Å². The van der Waals surface area contributed by atoms with Crippen LogP contribution in [0.25, 0.3) is 0 Å². The number of benzene rings is 1. The summed E-state index contributed by atoms with van der Waals surface area (Å²) >= 11 is 0. The number of halogens is 1. The summed E-state index contributed by atoms with van der Waals surface area (Å²) in [5.41, 5.74) is 0.721. The Morgan fingerprint density at radius 2 is 1.80 bits per heavy atom. The highest BCUT2D eigenvalue weighted by molar-refractivity contribution is 7.90. The first-order chi connectivity index (χ1) is 9.20. The summed E-state index contributed by atoms with van der Waals surface area (Å²) in [4.78, 5) is 12.2. The van der Waals surface area contributed by atoms with E-state index in [1.54, 1.807) is 12.1 Å². The lowest BCUT2D eigenvalue weighted by atomic mass is 9.87. The van der Waals surface area contributed by atoms with Crippen LogP contribution in [0.3, 0.4) is 0 Å². The number of hydrogen-bond donors (Lipinski definition) is 1. The molecule has 0 radical (unpaired) electrons. The molecule has 1 atom stereocenters. The van der Waals surface area contributed by atoms with Crippen molar-refractivity contribution in [1.82, 2.24) is 5.32 Å². The predicted molar refractivity (Wildman–Crippen MR) is 76.7 cm³/mol. The van der Waals surface area contributed by atoms with E-state index in [2.05, 4.69) is 5.32 Å². The van der Waals surface area contributed by atoms with Crippen molar-refractivity contribution in [3.63, 3.8) is 0 Å². The van der Waals surface area contributed by atoms with Gasteiger partial charge in [-0.1, -0.05) is 26.0 Å². The number of carbonyl (C=O) groups excluding carboxylic acids is 1. The molecule has 6 heteroatoms. The van der Waals surface area contributed by atoms with Crippen molar-refractivity contribution in [2.24, 2.45) is 5.92 Å². The molecule has 0 bridgehead atoms. The Hall–Kier alpha value is -1.43. The normalized spacial score (nSPS) is 13.2. The molecular formula is C14H20FNO3S. The maximum absolute atomic E-state index is 12.9. The van der Waals surface area contributed by atoms with Crippen LogP contribution in [-0.4, -0.2) is 32.9 Å². The van der Waals surface area contributed by atoms with Gasteiger partial charge in [0, 0.05) is 12.8 Å². The van der Waals surface area contributed by atoms with E-state index in [9.17, 15) is 17.6 Å². The van der Waals surface area contributed by atoms with E-state index < -0.39 is 15.8 Å². The number of rotatable bonds is 6. The molecule has 0 fully saturated rings. The van der Waals surface area contributed by atoms with Crippen molar-refractivity contribution in [3.8, 4) is 0 Å². The van der Waals surface area contributed by atoms with E-state index in [1.165, 1.54) is 12.1 Å². The summed E-state index contributed by atoms with van der Waals surface area (Å²) in [7, 11) is -3.10. The fourth-order valence-electron chi connectivity index (χ4n) is 1.98. The quantitative estimate of drug-likeness (QED) is 0.870. The molecule has 1 unspecified atom stereocenters. The summed E-state index contributed by atoms with van der Waals surface area (Å²) in [5, 5.41) is 2.62. The summed E-state index contributed by atoms with van der Waals surface area (Å²) in [6.07, 6.45) is 1.12. The molecule has 1 aromatic rings. The fraction of sp³-hybridized carbons (Fsp3) is 0.500. The van der Waals surface area contributed by atoms with E-state index in [4.69, 9.17) is 0 Å². The Labute approximate surface area is 119 Å². The Bertz CT molecular complexity index is 552. The van der Waals surface area contributed by atoms with Gasteiger partial charge in [-0.2, -0.15) is 0 Å². The Balaban J connectivity index is 2.76. The average Bonchev–Trinajstić information content (AvgIpc) is 2.30. The van der Waals surface area contributed by atoms with Gasteiger partial charge in [-0.3, -0.25) is 4.79 Å². The average molecular weight is 301 g/mol. The second-order valence-corrected chi connectivity index (χ2v) is 7.45. The molecule has 1 N–H and O–H groups in total. The van der Waals surface area contributed by atoms with E-state index in [1.807, 2.05) is 13.8 Å². The second-order valence-electron chi connectivity index (χ2n) is 5.19. The SMILES string of the molecule is CC(C)C(C(=O)NCCS(C)(=O)=O)c1ccc(F)cc1. The van der Waals surface area contributed by atoms with Crippen LogP contribution in [0.4, 0.5) is 4.39 Å². The van der Waals surface area contributed by atoms with Crippen molar-refractivity contribution in [2.45, 2.75) is 19.8 Å². The third-order valence-electron chi connectivity index (χ3n) is 2.95. The minimum absolute atomic E-state index is 0.0266. The molecule has 0 aromatic heterocycles. The molecule has 1 aromatic carbocycles. The molecule has 0 aliphatic heterocycles. The number of hydrogen-bond acceptors (Lipinski definition) is 3. The first-order valence-corrected chi connectivity index (χ1v) is 8.47. The van der Waals surface area contributed by atoms with Crippen molar-refractivity contribution in [2.75, 3.05) is 18.6 Å². The molecule has 4 nitrogen and oxygen atoms in total. The molecule has 0 saturated heterocycles. The number of sulfone groups is 1. The zero-order chi connectivity index (χ0) is 15.3. The molecule has 0 spiro atoms. The van der Waals surface area contributed by atoms with Crippen molar-refractivity contribution in [1.29, 1.82) is 0 Å². The number of carbonyl (C=O) groups is 1. The molecule has 112 valence electrons. The van der Waals surface area contributed by atoms with E-state index in [0.717, 1.165) is 11.8 Å². The first-order valence-electron chi connectivity index (χ1n) is 6.41. The van der Waals surface area contributed by atoms with Gasteiger partial charge in [0.05, 0.1) is 11.7 Å². The highest BCUT2D eigenvalue weighted by Crippen LogP contribution is 2.24. The minimum atomic E-state index is -3.10. The largest absolute Gasteiger partial charge is 0.355 e. The third-order valence-corrected chi connectivity index (χ3v) is 3.90. The Morgan fingerprint density at radius 1 is 1.25 bits per heavy atom. The first kappa shape index (κ1) is 16.6. The van der Waals surface area contributed by atoms with Crippen LogP contribution in [-0.2, 0) is 14.6 Å². The monoisotopic (exact) mass is 301 g/mol. The van der Waals surface area contributed by atoms with Crippen molar-refractivity contribution < 1.29 is 17.6 Å². The van der Waals surface area contributed by atoms with Gasteiger partial charge in [0.25, 0.3) is 0 Å². The molecule has 0 aliphatic carbocycles. The van der Waals surface area contributed by atoms with Crippen LogP contribution in [0, 0.1) is 11.7 Å². The van der Waals surface area contributed by atoms with E-state index in [0.29, 0.717) is 0 Å². The zero-order valence-electron chi connectivity index (χ0n) is 11.9. The number of amides is 1. The van der Waals surface area contributed by atoms with Crippen LogP contribution in [0.1, 0.15) is 25.3 Å². The fourth-order valence-corrected chi connectivity index (χ4v) is 2.45. The summed E-state index contributed by atoms with van der Waals surface area (Å²) in [5.74, 6) is -1.08. The van der Waals surface area contributed by atoms with Gasteiger partial charge in [-0.25, -0.2) is 12.8 Å². The molecule has 0 heterocycles. The lowest BCUT2D eigenvalue weighted by molar-refractivity contribution is -0.123. The molecule has 1 rings (SSSR count). The minimum Gasteiger partial charge on any atom is -0.355 e. The van der Waals surface area contributed by atoms with Crippen molar-refractivity contribution >= 4 is 15.7 Å². The van der Waals surface area contributed by atoms with Gasteiger partial charge in [0.15, 0.2) is 0 Å². The Kier molecular flexibility index (Phi) is 5.68. The van der Waals surface area contributed by atoms with Gasteiger partial charge < -0.3 is 5.32 Å². The van der Waals surface area contributed by atoms with Crippen molar-refractivity contribution in [3.05, 3.63) is 35.6 Å². The van der Waals surface area contributed by atoms with Gasteiger partial charge >= 0.3 is 0 Å². The standard InChI is InChI=1S/C14H20FNO3S/c1-10(2)13(11-4-6-12(15)7-5-11)14(17)16-8-9-20(3,18)19/h4-7,10,13H,8-9H2,1-3H3,(H,16,17). The smallest absolute Gasteiger partial charge is 0.227 e. The van der Waals surface area contributed by atoms with Gasteiger partial charge in [0.2, 0.25) is 5.91 Å². The maximum Gasteiger partial charge on any atom is 0.227 e. The van der Waals surface area contributed by atoms with Gasteiger partial charge in [-0.15, -0.1) is 0 Å². The van der Waals surface area contributed by atoms with Crippen LogP contribution >= 0.6 is 0 Å². The molecule has 20 heavy (non-hydrogen) atoms. The van der Waals surface area contributed by atoms with Crippen LogP contribution < -0.4 is 5.32 Å². The lowest BCUT2D eigenvalue weighted by Crippen LogP contribution is -2.35. The molecular weight excluding hydrogens is 281 g/mol. The topological polar surface area (TPSA) is 63.2 Å². The molecule has 0 aliphatic rings. The molecule has 0 saturated carbocycles. The third kappa shape index (κ3) is 5.28. The summed E-state index contributed by atoms with van der Waals surface area (Å²) in [6, 6.07) is 5.79. The van der Waals surface area contributed by atoms with Gasteiger partial charge in [0.1, 0.15) is 15.7 Å². The predicted octanol–water partition coefficient (Wildman–Crippen LogP) is 1.73. The van der Waals surface area contributed by atoms with Crippen LogP contribution in [0.5, 0.6) is 0 Å². The second kappa shape index (κ2) is 6.83. The maximum atomic E-state index is 12.9. The van der Waals surface area contributed by atoms with Gasteiger partial charge in [-0.05, 0) is 23.6 Å². The van der Waals surface area contributed by atoms with E-state index in [-0.39, 0.29) is 29.9 Å².